The van der Waals surface area contributed by atoms with Gasteiger partial charge < -0.3 is 5.11 Å². The molecule has 2 heteroatoms. The fraction of sp³-hybridized carbons (Fsp3) is 0.200. The number of benzene rings is 1. The van der Waals surface area contributed by atoms with E-state index < -0.39 is 0 Å². The first-order valence-electron chi connectivity index (χ1n) is 3.91. The van der Waals surface area contributed by atoms with Gasteiger partial charge in [0.2, 0.25) is 0 Å². The number of fused-ring (bicyclic) bond motifs is 1. The maximum absolute atomic E-state index is 9.11. The Morgan fingerprint density at radius 2 is 2.08 bits per heavy atom. The van der Waals surface area contributed by atoms with Crippen LogP contribution in [0.2, 0.25) is 0 Å². The van der Waals surface area contributed by atoms with E-state index >= 15 is 0 Å². The second kappa shape index (κ2) is 2.88. The highest BCUT2D eigenvalue weighted by molar-refractivity contribution is 7.19. The van der Waals surface area contributed by atoms with E-state index in [1.54, 1.807) is 11.3 Å². The lowest BCUT2D eigenvalue weighted by molar-refractivity contribution is 0.283. The second-order valence-corrected chi connectivity index (χ2v) is 4.05. The molecule has 0 atom stereocenters. The van der Waals surface area contributed by atoms with Crippen LogP contribution in [0.25, 0.3) is 10.1 Å². The third kappa shape index (κ3) is 1.04. The van der Waals surface area contributed by atoms with Gasteiger partial charge in [-0.25, -0.2) is 0 Å². The molecule has 2 rings (SSSR count). The summed E-state index contributed by atoms with van der Waals surface area (Å²) in [6, 6.07) is 8.18. The second-order valence-electron chi connectivity index (χ2n) is 2.79. The monoisotopic (exact) mass is 178 g/mol. The molecule has 2 aromatic rings. The Kier molecular flexibility index (Phi) is 1.87. The maximum atomic E-state index is 9.11. The molecule has 0 saturated carbocycles. The highest BCUT2D eigenvalue weighted by Crippen LogP contribution is 2.30. The SMILES string of the molecule is Cc1sc2ccccc2c1CO. The summed E-state index contributed by atoms with van der Waals surface area (Å²) in [6.45, 7) is 2.20. The van der Waals surface area contributed by atoms with Crippen LogP contribution in [0.1, 0.15) is 10.4 Å². The molecule has 0 bridgehead atoms. The number of thiophene rings is 1. The molecule has 0 spiro atoms. The Bertz CT molecular complexity index is 403. The van der Waals surface area contributed by atoms with Crippen LogP contribution in [0.15, 0.2) is 24.3 Å². The predicted octanol–water partition coefficient (Wildman–Crippen LogP) is 2.70. The fourth-order valence-electron chi connectivity index (χ4n) is 1.42. The maximum Gasteiger partial charge on any atom is 0.0698 e. The number of aryl methyl sites for hydroxylation is 1. The van der Waals surface area contributed by atoms with Crippen LogP contribution >= 0.6 is 11.3 Å². The van der Waals surface area contributed by atoms with Crippen LogP contribution in [0.4, 0.5) is 0 Å². The molecule has 1 nitrogen and oxygen atoms in total. The van der Waals surface area contributed by atoms with Crippen molar-refractivity contribution < 1.29 is 5.11 Å². The topological polar surface area (TPSA) is 20.2 Å². The number of aliphatic hydroxyl groups excluding tert-OH is 1. The van der Waals surface area contributed by atoms with Gasteiger partial charge in [-0.1, -0.05) is 18.2 Å². The van der Waals surface area contributed by atoms with Gasteiger partial charge in [0.05, 0.1) is 6.61 Å². The van der Waals surface area contributed by atoms with Crippen molar-refractivity contribution in [2.45, 2.75) is 13.5 Å². The van der Waals surface area contributed by atoms with E-state index in [-0.39, 0.29) is 6.61 Å². The summed E-state index contributed by atoms with van der Waals surface area (Å²) in [7, 11) is 0. The van der Waals surface area contributed by atoms with Crippen molar-refractivity contribution in [1.82, 2.24) is 0 Å². The lowest BCUT2D eigenvalue weighted by Gasteiger charge is -1.93. The van der Waals surface area contributed by atoms with Crippen molar-refractivity contribution >= 4 is 21.4 Å². The molecule has 0 fully saturated rings. The zero-order chi connectivity index (χ0) is 8.55. The van der Waals surface area contributed by atoms with Crippen LogP contribution in [0.3, 0.4) is 0 Å². The molecule has 0 aliphatic heterocycles. The number of rotatable bonds is 1. The molecule has 1 heterocycles. The summed E-state index contributed by atoms with van der Waals surface area (Å²) < 4.78 is 1.26. The van der Waals surface area contributed by atoms with E-state index in [4.69, 9.17) is 5.11 Å². The zero-order valence-electron chi connectivity index (χ0n) is 6.87. The highest BCUT2D eigenvalue weighted by Gasteiger charge is 2.05. The average Bonchev–Trinajstić information content (AvgIpc) is 2.40. The van der Waals surface area contributed by atoms with Crippen molar-refractivity contribution in [3.63, 3.8) is 0 Å². The van der Waals surface area contributed by atoms with Gasteiger partial charge in [-0.3, -0.25) is 0 Å². The molecule has 0 unspecified atom stereocenters. The summed E-state index contributed by atoms with van der Waals surface area (Å²) in [4.78, 5) is 1.22. The Balaban J connectivity index is 2.81. The minimum atomic E-state index is 0.149. The van der Waals surface area contributed by atoms with Gasteiger partial charge in [0.25, 0.3) is 0 Å². The van der Waals surface area contributed by atoms with Gasteiger partial charge in [-0.05, 0) is 23.9 Å². The molecular formula is C10H10OS. The molecule has 1 aromatic carbocycles. The molecule has 0 aliphatic carbocycles. The molecule has 0 aliphatic rings. The van der Waals surface area contributed by atoms with Gasteiger partial charge in [0.1, 0.15) is 0 Å². The Morgan fingerprint density at radius 3 is 2.83 bits per heavy atom. The average molecular weight is 178 g/mol. The number of aliphatic hydroxyl groups is 1. The van der Waals surface area contributed by atoms with Gasteiger partial charge >= 0.3 is 0 Å². The van der Waals surface area contributed by atoms with E-state index in [1.807, 2.05) is 12.1 Å². The van der Waals surface area contributed by atoms with Crippen LogP contribution in [-0.4, -0.2) is 5.11 Å². The van der Waals surface area contributed by atoms with Gasteiger partial charge in [0.15, 0.2) is 0 Å². The first-order chi connectivity index (χ1) is 5.83. The standard InChI is InChI=1S/C10H10OS/c1-7-9(6-11)8-4-2-3-5-10(8)12-7/h2-5,11H,6H2,1H3. The van der Waals surface area contributed by atoms with E-state index in [0.29, 0.717) is 0 Å². The molecule has 1 N–H and O–H groups in total. The lowest BCUT2D eigenvalue weighted by Crippen LogP contribution is -1.81. The third-order valence-corrected chi connectivity index (χ3v) is 3.19. The highest BCUT2D eigenvalue weighted by atomic mass is 32.1. The van der Waals surface area contributed by atoms with Crippen molar-refractivity contribution in [1.29, 1.82) is 0 Å². The first-order valence-corrected chi connectivity index (χ1v) is 4.72. The molecule has 0 amide bonds. The third-order valence-electron chi connectivity index (χ3n) is 2.06. The summed E-state index contributed by atoms with van der Waals surface area (Å²) in [6.07, 6.45) is 0. The van der Waals surface area contributed by atoms with Gasteiger partial charge in [-0.2, -0.15) is 0 Å². The Morgan fingerprint density at radius 1 is 1.33 bits per heavy atom. The van der Waals surface area contributed by atoms with Gasteiger partial charge in [-0.15, -0.1) is 11.3 Å². The minimum absolute atomic E-state index is 0.149. The molecule has 62 valence electrons. The smallest absolute Gasteiger partial charge is 0.0698 e. The Labute approximate surface area is 75.3 Å². The zero-order valence-corrected chi connectivity index (χ0v) is 7.69. The molecule has 0 radical (unpaired) electrons. The van der Waals surface area contributed by atoms with Crippen molar-refractivity contribution in [3.8, 4) is 0 Å². The van der Waals surface area contributed by atoms with Crippen LogP contribution in [-0.2, 0) is 6.61 Å². The Hall–Kier alpha value is -0.860. The normalized spacial score (nSPS) is 10.8. The summed E-state index contributed by atoms with van der Waals surface area (Å²) in [5.41, 5.74) is 1.08. The van der Waals surface area contributed by atoms with Crippen LogP contribution in [0.5, 0.6) is 0 Å². The first kappa shape index (κ1) is 7.77. The van der Waals surface area contributed by atoms with E-state index in [0.717, 1.165) is 5.56 Å². The largest absolute Gasteiger partial charge is 0.392 e. The summed E-state index contributed by atoms with van der Waals surface area (Å²) in [5, 5.41) is 10.3. The van der Waals surface area contributed by atoms with Crippen LogP contribution < -0.4 is 0 Å². The van der Waals surface area contributed by atoms with E-state index in [9.17, 15) is 0 Å². The van der Waals surface area contributed by atoms with Gasteiger partial charge in [0, 0.05) is 9.58 Å². The number of hydrogen-bond acceptors (Lipinski definition) is 2. The van der Waals surface area contributed by atoms with Crippen molar-refractivity contribution in [3.05, 3.63) is 34.7 Å². The fourth-order valence-corrected chi connectivity index (χ4v) is 2.49. The molecule has 0 saturated heterocycles. The van der Waals surface area contributed by atoms with E-state index in [1.165, 1.54) is 15.0 Å². The minimum Gasteiger partial charge on any atom is -0.392 e. The summed E-state index contributed by atoms with van der Waals surface area (Å²) in [5.74, 6) is 0. The predicted molar refractivity (Wildman–Crippen MR) is 52.5 cm³/mol. The molecule has 12 heavy (non-hydrogen) atoms. The van der Waals surface area contributed by atoms with Crippen molar-refractivity contribution in [2.75, 3.05) is 0 Å². The van der Waals surface area contributed by atoms with Crippen molar-refractivity contribution in [2.24, 2.45) is 0 Å². The summed E-state index contributed by atoms with van der Waals surface area (Å²) >= 11 is 1.74. The number of hydrogen-bond donors (Lipinski definition) is 1. The van der Waals surface area contributed by atoms with Crippen LogP contribution in [0, 0.1) is 6.92 Å². The quantitative estimate of drug-likeness (QED) is 0.711. The molecular weight excluding hydrogens is 168 g/mol. The van der Waals surface area contributed by atoms with E-state index in [2.05, 4.69) is 19.1 Å². The lowest BCUT2D eigenvalue weighted by atomic mass is 10.1. The molecule has 1 aromatic heterocycles.